The SMILES string of the molecule is O=C(Nc1cc(N2CC[C@H](O)[C@H]2c2cn3cc(C4CC4)ccc3n2)ncn1)[C@H]1C[C@@H]1c1cccc(Cl)c1. The molecule has 1 aromatic carbocycles. The van der Waals surface area contributed by atoms with E-state index in [4.69, 9.17) is 16.6 Å². The van der Waals surface area contributed by atoms with Crippen molar-refractivity contribution in [3.8, 4) is 0 Å². The maximum absolute atomic E-state index is 12.9. The Bertz CT molecular complexity index is 1500. The summed E-state index contributed by atoms with van der Waals surface area (Å²) in [5.74, 6) is 1.79. The van der Waals surface area contributed by atoms with Crippen molar-refractivity contribution in [3.63, 3.8) is 0 Å². The summed E-state index contributed by atoms with van der Waals surface area (Å²) in [4.78, 5) is 28.6. The second-order valence-corrected chi connectivity index (χ2v) is 10.9. The molecule has 188 valence electrons. The molecule has 7 rings (SSSR count). The number of aliphatic hydroxyl groups is 1. The number of nitrogens with one attached hydrogen (secondary N) is 1. The first kappa shape index (κ1) is 22.7. The lowest BCUT2D eigenvalue weighted by Crippen LogP contribution is -2.28. The fourth-order valence-electron chi connectivity index (χ4n) is 5.60. The molecule has 2 N–H and O–H groups in total. The Morgan fingerprint density at radius 1 is 1.05 bits per heavy atom. The van der Waals surface area contributed by atoms with Gasteiger partial charge in [-0.2, -0.15) is 0 Å². The van der Waals surface area contributed by atoms with Gasteiger partial charge in [0.25, 0.3) is 0 Å². The van der Waals surface area contributed by atoms with E-state index in [2.05, 4.69) is 42.9 Å². The summed E-state index contributed by atoms with van der Waals surface area (Å²) in [5, 5.41) is 14.5. The monoisotopic (exact) mass is 514 g/mol. The van der Waals surface area contributed by atoms with Crippen LogP contribution in [-0.2, 0) is 4.79 Å². The number of aromatic nitrogens is 4. The van der Waals surface area contributed by atoms with E-state index in [0.717, 1.165) is 23.3 Å². The highest BCUT2D eigenvalue weighted by Crippen LogP contribution is 2.48. The average molecular weight is 515 g/mol. The molecule has 0 radical (unpaired) electrons. The number of carbonyl (C=O) groups excluding carboxylic acids is 1. The molecule has 2 aliphatic carbocycles. The number of hydrogen-bond acceptors (Lipinski definition) is 6. The summed E-state index contributed by atoms with van der Waals surface area (Å²) in [6.07, 6.45) is 8.96. The van der Waals surface area contributed by atoms with Crippen LogP contribution in [0.15, 0.2) is 61.2 Å². The second-order valence-electron chi connectivity index (χ2n) is 10.4. The summed E-state index contributed by atoms with van der Waals surface area (Å²) in [5.41, 5.74) is 4.10. The number of benzene rings is 1. The number of carbonyl (C=O) groups is 1. The van der Waals surface area contributed by atoms with Crippen LogP contribution in [-0.4, -0.2) is 43.0 Å². The minimum absolute atomic E-state index is 0.0561. The molecule has 1 amide bonds. The van der Waals surface area contributed by atoms with E-state index in [9.17, 15) is 9.90 Å². The van der Waals surface area contributed by atoms with Gasteiger partial charge in [-0.05, 0) is 66.8 Å². The summed E-state index contributed by atoms with van der Waals surface area (Å²) in [6, 6.07) is 13.4. The molecule has 1 aliphatic heterocycles. The van der Waals surface area contributed by atoms with Crippen molar-refractivity contribution in [3.05, 3.63) is 83.0 Å². The van der Waals surface area contributed by atoms with Gasteiger partial charge in [0.15, 0.2) is 0 Å². The summed E-state index contributed by atoms with van der Waals surface area (Å²) >= 11 is 6.12. The zero-order valence-corrected chi connectivity index (χ0v) is 20.9. The third-order valence-corrected chi connectivity index (χ3v) is 8.05. The highest BCUT2D eigenvalue weighted by molar-refractivity contribution is 6.30. The number of imidazole rings is 1. The number of halogens is 1. The van der Waals surface area contributed by atoms with E-state index in [1.807, 2.05) is 30.5 Å². The number of fused-ring (bicyclic) bond motifs is 1. The van der Waals surface area contributed by atoms with Gasteiger partial charge in [0, 0.05) is 35.9 Å². The van der Waals surface area contributed by atoms with Gasteiger partial charge in [0.2, 0.25) is 5.91 Å². The van der Waals surface area contributed by atoms with Crippen LogP contribution in [0.3, 0.4) is 0 Å². The van der Waals surface area contributed by atoms with Gasteiger partial charge in [-0.15, -0.1) is 0 Å². The first-order valence-corrected chi connectivity index (χ1v) is 13.2. The third kappa shape index (κ3) is 4.34. The molecule has 4 atom stereocenters. The number of anilines is 2. The van der Waals surface area contributed by atoms with Crippen LogP contribution in [0.4, 0.5) is 11.6 Å². The van der Waals surface area contributed by atoms with E-state index >= 15 is 0 Å². The molecule has 8 nitrogen and oxygen atoms in total. The molecule has 3 aromatic heterocycles. The van der Waals surface area contributed by atoms with Crippen molar-refractivity contribution in [2.45, 2.75) is 49.7 Å². The van der Waals surface area contributed by atoms with Crippen molar-refractivity contribution in [1.29, 1.82) is 0 Å². The van der Waals surface area contributed by atoms with Gasteiger partial charge in [0.1, 0.15) is 29.7 Å². The molecule has 0 spiro atoms. The van der Waals surface area contributed by atoms with Crippen molar-refractivity contribution in [2.75, 3.05) is 16.8 Å². The lowest BCUT2D eigenvalue weighted by molar-refractivity contribution is -0.117. The Balaban J connectivity index is 1.09. The van der Waals surface area contributed by atoms with E-state index in [1.165, 1.54) is 24.7 Å². The van der Waals surface area contributed by atoms with Crippen LogP contribution in [0.5, 0.6) is 0 Å². The van der Waals surface area contributed by atoms with Gasteiger partial charge >= 0.3 is 0 Å². The maximum atomic E-state index is 12.9. The Hall–Kier alpha value is -3.49. The highest BCUT2D eigenvalue weighted by Gasteiger charge is 2.44. The standard InChI is InChI=1S/C28H27ClN6O2/c29-19-3-1-2-17(10-19)20-11-21(20)28(37)33-24-12-26(31-15-30-24)35-9-8-23(36)27(35)22-14-34-13-18(16-4-5-16)6-7-25(34)32-22/h1-3,6-7,10,12-16,20-21,23,27,36H,4-5,8-9,11H2,(H,30,31,33,37)/t20-,21+,23+,27-/m1/s1. The quantitative estimate of drug-likeness (QED) is 0.387. The highest BCUT2D eigenvalue weighted by atomic mass is 35.5. The van der Waals surface area contributed by atoms with E-state index in [1.54, 1.807) is 6.07 Å². The average Bonchev–Trinajstić information content (AvgIpc) is 3.81. The molecule has 2 saturated carbocycles. The summed E-state index contributed by atoms with van der Waals surface area (Å²) in [6.45, 7) is 0.636. The molecule has 3 aliphatic rings. The number of pyridine rings is 1. The van der Waals surface area contributed by atoms with E-state index in [-0.39, 0.29) is 23.8 Å². The zero-order valence-electron chi connectivity index (χ0n) is 20.2. The molecule has 4 aromatic rings. The van der Waals surface area contributed by atoms with Crippen molar-refractivity contribution in [2.24, 2.45) is 5.92 Å². The number of nitrogens with zero attached hydrogens (tertiary/aromatic N) is 5. The van der Waals surface area contributed by atoms with Gasteiger partial charge in [-0.25, -0.2) is 15.0 Å². The van der Waals surface area contributed by atoms with Gasteiger partial charge < -0.3 is 19.7 Å². The molecule has 37 heavy (non-hydrogen) atoms. The molecule has 4 heterocycles. The fourth-order valence-corrected chi connectivity index (χ4v) is 5.80. The van der Waals surface area contributed by atoms with Crippen LogP contribution in [0, 0.1) is 5.92 Å². The first-order valence-electron chi connectivity index (χ1n) is 12.8. The van der Waals surface area contributed by atoms with Gasteiger partial charge in [-0.1, -0.05) is 29.8 Å². The number of rotatable bonds is 6. The molecule has 1 saturated heterocycles. The lowest BCUT2D eigenvalue weighted by Gasteiger charge is -2.26. The molecular formula is C28H27ClN6O2. The first-order chi connectivity index (χ1) is 18.0. The van der Waals surface area contributed by atoms with Crippen LogP contribution in [0.1, 0.15) is 60.4 Å². The predicted octanol–water partition coefficient (Wildman–Crippen LogP) is 4.71. The smallest absolute Gasteiger partial charge is 0.229 e. The largest absolute Gasteiger partial charge is 0.390 e. The second kappa shape index (κ2) is 8.82. The maximum Gasteiger partial charge on any atom is 0.229 e. The molecule has 3 fully saturated rings. The minimum Gasteiger partial charge on any atom is -0.390 e. The van der Waals surface area contributed by atoms with Crippen LogP contribution in [0.2, 0.25) is 5.02 Å². The van der Waals surface area contributed by atoms with Crippen molar-refractivity contribution in [1.82, 2.24) is 19.4 Å². The fraction of sp³-hybridized carbons (Fsp3) is 0.357. The normalized spacial score (nSPS) is 25.0. The van der Waals surface area contributed by atoms with Gasteiger partial charge in [-0.3, -0.25) is 4.79 Å². The lowest BCUT2D eigenvalue weighted by atomic mass is 10.1. The predicted molar refractivity (Wildman–Crippen MR) is 141 cm³/mol. The van der Waals surface area contributed by atoms with Crippen LogP contribution >= 0.6 is 11.6 Å². The summed E-state index contributed by atoms with van der Waals surface area (Å²) in [7, 11) is 0. The minimum atomic E-state index is -0.564. The molecular weight excluding hydrogens is 488 g/mol. The zero-order chi connectivity index (χ0) is 25.1. The topological polar surface area (TPSA) is 95.7 Å². The van der Waals surface area contributed by atoms with Crippen molar-refractivity contribution >= 4 is 34.8 Å². The Morgan fingerprint density at radius 3 is 2.78 bits per heavy atom. The number of aliphatic hydroxyl groups excluding tert-OH is 1. The molecule has 0 bridgehead atoms. The third-order valence-electron chi connectivity index (χ3n) is 7.81. The molecule has 9 heteroatoms. The van der Waals surface area contributed by atoms with Gasteiger partial charge in [0.05, 0.1) is 11.8 Å². The number of hydrogen-bond donors (Lipinski definition) is 2. The number of amides is 1. The van der Waals surface area contributed by atoms with E-state index < -0.39 is 6.10 Å². The Labute approximate surface area is 219 Å². The van der Waals surface area contributed by atoms with Crippen LogP contribution in [0.25, 0.3) is 5.65 Å². The Morgan fingerprint density at radius 2 is 1.95 bits per heavy atom. The Kier molecular flexibility index (Phi) is 5.41. The summed E-state index contributed by atoms with van der Waals surface area (Å²) < 4.78 is 2.06. The van der Waals surface area contributed by atoms with Crippen molar-refractivity contribution < 1.29 is 9.90 Å². The molecule has 0 unspecified atom stereocenters. The van der Waals surface area contributed by atoms with E-state index in [0.29, 0.717) is 35.5 Å². The van der Waals surface area contributed by atoms with Crippen LogP contribution < -0.4 is 10.2 Å².